The summed E-state index contributed by atoms with van der Waals surface area (Å²) in [6.45, 7) is 0. The number of hydrogen-bond acceptors (Lipinski definition) is 4. The van der Waals surface area contributed by atoms with Crippen LogP contribution < -0.4 is 0 Å². The third-order valence-corrected chi connectivity index (χ3v) is 5.61. The molecule has 0 radical (unpaired) electrons. The second-order valence-corrected chi connectivity index (χ2v) is 6.88. The monoisotopic (exact) mass is 290 g/mol. The summed E-state index contributed by atoms with van der Waals surface area (Å²) in [5.74, 6) is 1.89. The lowest BCUT2D eigenvalue weighted by Gasteiger charge is -2.45. The van der Waals surface area contributed by atoms with Crippen molar-refractivity contribution >= 4 is 12.1 Å². The highest BCUT2D eigenvalue weighted by atomic mass is 15.5. The van der Waals surface area contributed by atoms with Crippen LogP contribution in [0.2, 0.25) is 0 Å². The fourth-order valence-corrected chi connectivity index (χ4v) is 4.42. The van der Waals surface area contributed by atoms with Gasteiger partial charge in [0.25, 0.3) is 0 Å². The van der Waals surface area contributed by atoms with Crippen molar-refractivity contribution in [3.05, 3.63) is 35.4 Å². The average Bonchev–Trinajstić information content (AvgIpc) is 3.33. The lowest BCUT2D eigenvalue weighted by atomic mass is 9.73. The van der Waals surface area contributed by atoms with Crippen LogP contribution in [0.4, 0.5) is 0 Å². The SMILES string of the molecule is N#CC1C=NN2C1=NC(C1CC1)C1CCc3ccccc3C12. The molecular formula is C18H18N4. The molecule has 0 bridgehead atoms. The Morgan fingerprint density at radius 2 is 2.05 bits per heavy atom. The molecule has 110 valence electrons. The summed E-state index contributed by atoms with van der Waals surface area (Å²) in [6.07, 6.45) is 6.69. The number of aryl methyl sites for hydroxylation is 1. The van der Waals surface area contributed by atoms with Gasteiger partial charge in [0.05, 0.1) is 18.2 Å². The maximum Gasteiger partial charge on any atom is 0.143 e. The quantitative estimate of drug-likeness (QED) is 0.798. The normalized spacial score (nSPS) is 35.2. The number of nitriles is 1. The van der Waals surface area contributed by atoms with Crippen LogP contribution in [-0.2, 0) is 6.42 Å². The van der Waals surface area contributed by atoms with Gasteiger partial charge in [-0.05, 0) is 42.7 Å². The average molecular weight is 290 g/mol. The van der Waals surface area contributed by atoms with Crippen LogP contribution in [0.3, 0.4) is 0 Å². The van der Waals surface area contributed by atoms with Gasteiger partial charge < -0.3 is 0 Å². The maximum atomic E-state index is 9.39. The summed E-state index contributed by atoms with van der Waals surface area (Å²) in [5.41, 5.74) is 2.84. The van der Waals surface area contributed by atoms with E-state index in [1.165, 1.54) is 30.4 Å². The van der Waals surface area contributed by atoms with Crippen molar-refractivity contribution in [1.82, 2.24) is 5.01 Å². The molecule has 4 nitrogen and oxygen atoms in total. The standard InChI is InChI=1S/C18H18N4/c19-9-13-10-20-22-17-14-4-2-1-3-11(14)7-8-15(17)16(12-5-6-12)21-18(13)22/h1-4,10,12-13,15-17H,5-8H2. The highest BCUT2D eigenvalue weighted by Crippen LogP contribution is 2.51. The molecule has 1 saturated carbocycles. The van der Waals surface area contributed by atoms with Crippen molar-refractivity contribution in [2.24, 2.45) is 27.8 Å². The van der Waals surface area contributed by atoms with E-state index in [4.69, 9.17) is 4.99 Å². The Hall–Kier alpha value is -2.15. The first-order valence-corrected chi connectivity index (χ1v) is 8.25. The van der Waals surface area contributed by atoms with Gasteiger partial charge >= 0.3 is 0 Å². The zero-order valence-corrected chi connectivity index (χ0v) is 12.4. The maximum absolute atomic E-state index is 9.39. The summed E-state index contributed by atoms with van der Waals surface area (Å²) >= 11 is 0. The smallest absolute Gasteiger partial charge is 0.143 e. The van der Waals surface area contributed by atoms with Crippen LogP contribution in [0.5, 0.6) is 0 Å². The van der Waals surface area contributed by atoms with E-state index in [0.717, 1.165) is 18.2 Å². The third-order valence-electron chi connectivity index (χ3n) is 5.61. The summed E-state index contributed by atoms with van der Waals surface area (Å²) in [4.78, 5) is 5.01. The van der Waals surface area contributed by atoms with Crippen LogP contribution in [-0.4, -0.2) is 23.1 Å². The highest BCUT2D eigenvalue weighted by molar-refractivity contribution is 6.04. The molecule has 4 aliphatic rings. The number of benzene rings is 1. The van der Waals surface area contributed by atoms with Gasteiger partial charge in [0.2, 0.25) is 0 Å². The third kappa shape index (κ3) is 1.62. The minimum atomic E-state index is -0.267. The molecule has 4 unspecified atom stereocenters. The van der Waals surface area contributed by atoms with E-state index in [1.54, 1.807) is 6.21 Å². The Balaban J connectivity index is 1.65. The molecule has 4 heteroatoms. The first kappa shape index (κ1) is 12.4. The van der Waals surface area contributed by atoms with Crippen molar-refractivity contribution in [1.29, 1.82) is 5.26 Å². The lowest BCUT2D eigenvalue weighted by Crippen LogP contribution is -2.46. The summed E-state index contributed by atoms with van der Waals surface area (Å²) in [7, 11) is 0. The molecule has 0 amide bonds. The van der Waals surface area contributed by atoms with Gasteiger partial charge in [-0.3, -0.25) is 4.99 Å². The van der Waals surface area contributed by atoms with Gasteiger partial charge in [0.1, 0.15) is 11.8 Å². The first-order chi connectivity index (χ1) is 10.9. The molecule has 22 heavy (non-hydrogen) atoms. The number of aliphatic imine (C=N–C) groups is 1. The molecule has 1 aromatic carbocycles. The van der Waals surface area contributed by atoms with Gasteiger partial charge in [-0.15, -0.1) is 0 Å². The zero-order valence-electron chi connectivity index (χ0n) is 12.4. The fourth-order valence-electron chi connectivity index (χ4n) is 4.42. The molecule has 2 heterocycles. The Kier molecular flexibility index (Phi) is 2.49. The minimum Gasteiger partial charge on any atom is -0.265 e. The minimum absolute atomic E-state index is 0.267. The van der Waals surface area contributed by atoms with E-state index in [2.05, 4.69) is 40.4 Å². The molecule has 1 aromatic rings. The van der Waals surface area contributed by atoms with Gasteiger partial charge in [-0.2, -0.15) is 10.4 Å². The topological polar surface area (TPSA) is 51.8 Å². The molecule has 5 rings (SSSR count). The summed E-state index contributed by atoms with van der Waals surface area (Å²) in [5, 5.41) is 16.0. The molecule has 0 N–H and O–H groups in total. The Morgan fingerprint density at radius 3 is 2.86 bits per heavy atom. The fraction of sp³-hybridized carbons (Fsp3) is 0.500. The first-order valence-electron chi connectivity index (χ1n) is 8.25. The number of fused-ring (bicyclic) bond motifs is 5. The van der Waals surface area contributed by atoms with Crippen LogP contribution >= 0.6 is 0 Å². The molecule has 2 aliphatic heterocycles. The van der Waals surface area contributed by atoms with Crippen LogP contribution in [0.1, 0.15) is 36.4 Å². The van der Waals surface area contributed by atoms with Crippen molar-refractivity contribution in [2.45, 2.75) is 37.8 Å². The molecule has 0 saturated heterocycles. The molecule has 2 aliphatic carbocycles. The Bertz CT molecular complexity index is 725. The van der Waals surface area contributed by atoms with Crippen LogP contribution in [0.25, 0.3) is 0 Å². The predicted molar refractivity (Wildman–Crippen MR) is 84.4 cm³/mol. The van der Waals surface area contributed by atoms with Crippen molar-refractivity contribution < 1.29 is 0 Å². The van der Waals surface area contributed by atoms with E-state index in [-0.39, 0.29) is 12.0 Å². The van der Waals surface area contributed by atoms with E-state index in [9.17, 15) is 5.26 Å². The number of amidine groups is 1. The number of nitrogens with zero attached hydrogens (tertiary/aromatic N) is 4. The summed E-state index contributed by atoms with van der Waals surface area (Å²) < 4.78 is 0. The second-order valence-electron chi connectivity index (χ2n) is 6.88. The van der Waals surface area contributed by atoms with Gasteiger partial charge in [-0.1, -0.05) is 24.3 Å². The Morgan fingerprint density at radius 1 is 1.18 bits per heavy atom. The van der Waals surface area contributed by atoms with Gasteiger partial charge in [0.15, 0.2) is 0 Å². The van der Waals surface area contributed by atoms with Gasteiger partial charge in [-0.25, -0.2) is 5.01 Å². The van der Waals surface area contributed by atoms with E-state index < -0.39 is 0 Å². The molecular weight excluding hydrogens is 272 g/mol. The number of rotatable bonds is 1. The highest BCUT2D eigenvalue weighted by Gasteiger charge is 2.50. The molecule has 1 fully saturated rings. The molecule has 0 aromatic heterocycles. The van der Waals surface area contributed by atoms with Crippen molar-refractivity contribution in [3.8, 4) is 6.07 Å². The van der Waals surface area contributed by atoms with Crippen molar-refractivity contribution in [2.75, 3.05) is 0 Å². The van der Waals surface area contributed by atoms with Crippen LogP contribution in [0.15, 0.2) is 34.4 Å². The van der Waals surface area contributed by atoms with E-state index >= 15 is 0 Å². The second kappa shape index (κ2) is 4.42. The van der Waals surface area contributed by atoms with E-state index in [0.29, 0.717) is 12.0 Å². The van der Waals surface area contributed by atoms with Crippen LogP contribution in [0, 0.1) is 29.1 Å². The number of hydrogen-bond donors (Lipinski definition) is 0. The zero-order chi connectivity index (χ0) is 14.7. The molecule has 0 spiro atoms. The Labute approximate surface area is 130 Å². The summed E-state index contributed by atoms with van der Waals surface area (Å²) in [6, 6.07) is 11.7. The molecule has 4 atom stereocenters. The van der Waals surface area contributed by atoms with Gasteiger partial charge in [0, 0.05) is 12.1 Å². The number of hydrazone groups is 1. The lowest BCUT2D eigenvalue weighted by molar-refractivity contribution is 0.155. The van der Waals surface area contributed by atoms with E-state index in [1.807, 2.05) is 0 Å². The largest absolute Gasteiger partial charge is 0.265 e. The van der Waals surface area contributed by atoms with Crippen molar-refractivity contribution in [3.63, 3.8) is 0 Å². The predicted octanol–water partition coefficient (Wildman–Crippen LogP) is 2.92.